The number of fused-ring (bicyclic) bond motifs is 1. The van der Waals surface area contributed by atoms with Gasteiger partial charge in [0.2, 0.25) is 5.91 Å². The van der Waals surface area contributed by atoms with E-state index in [-0.39, 0.29) is 17.9 Å². The van der Waals surface area contributed by atoms with Crippen LogP contribution in [0.15, 0.2) is 18.2 Å². The van der Waals surface area contributed by atoms with Gasteiger partial charge in [0.25, 0.3) is 0 Å². The van der Waals surface area contributed by atoms with Gasteiger partial charge in [0, 0.05) is 17.9 Å². The van der Waals surface area contributed by atoms with Crippen LogP contribution in [0.2, 0.25) is 10.0 Å². The number of nitrogens with two attached hydrogens (primary N) is 1. The van der Waals surface area contributed by atoms with Gasteiger partial charge in [-0.1, -0.05) is 43.1 Å². The zero-order valence-corrected chi connectivity index (χ0v) is 13.5. The van der Waals surface area contributed by atoms with E-state index in [2.05, 4.69) is 5.32 Å². The average molecular weight is 329 g/mol. The Morgan fingerprint density at radius 2 is 2.00 bits per heavy atom. The van der Waals surface area contributed by atoms with Crippen LogP contribution in [0.3, 0.4) is 0 Å². The molecule has 1 saturated carbocycles. The Labute approximate surface area is 133 Å². The zero-order valence-electron chi connectivity index (χ0n) is 12.0. The normalized spacial score (nSPS) is 33.2. The zero-order chi connectivity index (χ0) is 15.4. The molecule has 1 amide bonds. The van der Waals surface area contributed by atoms with Crippen LogP contribution in [0, 0.1) is 11.3 Å². The average Bonchev–Trinajstić information content (AvgIpc) is 2.90. The molecule has 1 aliphatic heterocycles. The molecule has 0 radical (unpaired) electrons. The topological polar surface area (TPSA) is 64.3 Å². The van der Waals surface area contributed by atoms with E-state index in [4.69, 9.17) is 33.7 Å². The summed E-state index contributed by atoms with van der Waals surface area (Å²) in [5.74, 6) is -0.219. The third-order valence-corrected chi connectivity index (χ3v) is 5.66. The summed E-state index contributed by atoms with van der Waals surface area (Å²) >= 11 is 12.2. The van der Waals surface area contributed by atoms with Crippen molar-refractivity contribution in [1.82, 2.24) is 0 Å². The highest BCUT2D eigenvalue weighted by Gasteiger charge is 2.71. The van der Waals surface area contributed by atoms with Gasteiger partial charge in [0.1, 0.15) is 5.54 Å². The molecule has 3 unspecified atom stereocenters. The Hall–Kier alpha value is -0.810. The highest BCUT2D eigenvalue weighted by Crippen LogP contribution is 2.58. The SMILES string of the molecule is CC1(C)C2OCCC2C1(N)C(=O)Nc1c(Cl)cccc1Cl. The lowest BCUT2D eigenvalue weighted by Crippen LogP contribution is -2.79. The summed E-state index contributed by atoms with van der Waals surface area (Å²) in [5, 5.41) is 3.60. The predicted molar refractivity (Wildman–Crippen MR) is 83.6 cm³/mol. The predicted octanol–water partition coefficient (Wildman–Crippen LogP) is 3.07. The Kier molecular flexibility index (Phi) is 3.49. The summed E-state index contributed by atoms with van der Waals surface area (Å²) in [7, 11) is 0. The van der Waals surface area contributed by atoms with Crippen molar-refractivity contribution in [3.63, 3.8) is 0 Å². The fraction of sp³-hybridized carbons (Fsp3) is 0.533. The first-order valence-corrected chi connectivity index (χ1v) is 7.71. The number of amides is 1. The number of ether oxygens (including phenoxy) is 1. The van der Waals surface area contributed by atoms with E-state index in [0.717, 1.165) is 6.42 Å². The van der Waals surface area contributed by atoms with E-state index in [1.807, 2.05) is 13.8 Å². The number of halogens is 2. The smallest absolute Gasteiger partial charge is 0.245 e. The standard InChI is InChI=1S/C15H18Cl2N2O2/c1-14(2)12-8(6-7-21-12)15(14,18)13(20)19-11-9(16)4-3-5-10(11)17/h3-5,8,12H,6-7,18H2,1-2H3,(H,19,20). The van der Waals surface area contributed by atoms with Crippen molar-refractivity contribution in [2.75, 3.05) is 11.9 Å². The lowest BCUT2D eigenvalue weighted by Gasteiger charge is -2.60. The highest BCUT2D eigenvalue weighted by atomic mass is 35.5. The molecule has 6 heteroatoms. The first-order valence-electron chi connectivity index (χ1n) is 6.96. The number of nitrogens with one attached hydrogen (secondary N) is 1. The molecule has 2 fully saturated rings. The number of benzene rings is 1. The first-order chi connectivity index (χ1) is 9.80. The molecule has 21 heavy (non-hydrogen) atoms. The molecule has 3 N–H and O–H groups in total. The van der Waals surface area contributed by atoms with Crippen molar-refractivity contribution in [3.8, 4) is 0 Å². The third-order valence-electron chi connectivity index (χ3n) is 5.03. The molecule has 1 aliphatic carbocycles. The van der Waals surface area contributed by atoms with Gasteiger partial charge in [-0.05, 0) is 18.6 Å². The molecular weight excluding hydrogens is 311 g/mol. The second kappa shape index (κ2) is 4.85. The van der Waals surface area contributed by atoms with Gasteiger partial charge in [0.05, 0.1) is 21.8 Å². The van der Waals surface area contributed by atoms with Crippen LogP contribution in [0.1, 0.15) is 20.3 Å². The van der Waals surface area contributed by atoms with Crippen LogP contribution in [-0.4, -0.2) is 24.2 Å². The van der Waals surface area contributed by atoms with Crippen LogP contribution in [-0.2, 0) is 9.53 Å². The van der Waals surface area contributed by atoms with Gasteiger partial charge in [-0.15, -0.1) is 0 Å². The van der Waals surface area contributed by atoms with Gasteiger partial charge >= 0.3 is 0 Å². The minimum atomic E-state index is -0.976. The maximum Gasteiger partial charge on any atom is 0.245 e. The van der Waals surface area contributed by atoms with E-state index < -0.39 is 11.0 Å². The molecule has 3 atom stereocenters. The summed E-state index contributed by atoms with van der Waals surface area (Å²) < 4.78 is 5.70. The van der Waals surface area contributed by atoms with Crippen molar-refractivity contribution < 1.29 is 9.53 Å². The van der Waals surface area contributed by atoms with E-state index >= 15 is 0 Å². The number of carbonyl (C=O) groups is 1. The minimum Gasteiger partial charge on any atom is -0.377 e. The summed E-state index contributed by atoms with van der Waals surface area (Å²) in [6.45, 7) is 4.58. The minimum absolute atomic E-state index is 0.0359. The molecule has 3 rings (SSSR count). The molecule has 0 bridgehead atoms. The monoisotopic (exact) mass is 328 g/mol. The number of hydrogen-bond donors (Lipinski definition) is 2. The summed E-state index contributed by atoms with van der Waals surface area (Å²) in [6, 6.07) is 5.09. The molecule has 1 aromatic carbocycles. The van der Waals surface area contributed by atoms with Crippen LogP contribution in [0.4, 0.5) is 5.69 Å². The van der Waals surface area contributed by atoms with Crippen molar-refractivity contribution in [3.05, 3.63) is 28.2 Å². The maximum absolute atomic E-state index is 12.8. The van der Waals surface area contributed by atoms with Crippen LogP contribution in [0.5, 0.6) is 0 Å². The molecule has 2 aliphatic rings. The second-order valence-electron chi connectivity index (χ2n) is 6.33. The molecule has 1 heterocycles. The van der Waals surface area contributed by atoms with Crippen molar-refractivity contribution in [1.29, 1.82) is 0 Å². The number of rotatable bonds is 2. The summed E-state index contributed by atoms with van der Waals surface area (Å²) in [6.07, 6.45) is 0.837. The number of para-hydroxylation sites is 1. The van der Waals surface area contributed by atoms with Gasteiger partial charge < -0.3 is 15.8 Å². The van der Waals surface area contributed by atoms with Gasteiger partial charge in [-0.3, -0.25) is 4.79 Å². The quantitative estimate of drug-likeness (QED) is 0.876. The van der Waals surface area contributed by atoms with Crippen LogP contribution < -0.4 is 11.1 Å². The van der Waals surface area contributed by atoms with Crippen molar-refractivity contribution >= 4 is 34.8 Å². The van der Waals surface area contributed by atoms with E-state index in [0.29, 0.717) is 22.3 Å². The van der Waals surface area contributed by atoms with Gasteiger partial charge in [0.15, 0.2) is 0 Å². The van der Waals surface area contributed by atoms with Crippen molar-refractivity contribution in [2.24, 2.45) is 17.1 Å². The first kappa shape index (κ1) is 15.1. The second-order valence-corrected chi connectivity index (χ2v) is 7.14. The third kappa shape index (κ3) is 1.93. The molecule has 4 nitrogen and oxygen atoms in total. The highest BCUT2D eigenvalue weighted by molar-refractivity contribution is 6.39. The number of hydrogen-bond acceptors (Lipinski definition) is 3. The molecule has 1 saturated heterocycles. The van der Waals surface area contributed by atoms with Gasteiger partial charge in [-0.25, -0.2) is 0 Å². The molecule has 114 valence electrons. The Morgan fingerprint density at radius 1 is 1.38 bits per heavy atom. The molecule has 0 aromatic heterocycles. The summed E-state index contributed by atoms with van der Waals surface area (Å²) in [5.41, 5.74) is 5.49. The lowest BCUT2D eigenvalue weighted by molar-refractivity contribution is -0.170. The Balaban J connectivity index is 1.89. The van der Waals surface area contributed by atoms with E-state index in [1.165, 1.54) is 0 Å². The maximum atomic E-state index is 12.8. The Bertz CT molecular complexity index is 585. The van der Waals surface area contributed by atoms with Gasteiger partial charge in [-0.2, -0.15) is 0 Å². The lowest BCUT2D eigenvalue weighted by atomic mass is 9.48. The fourth-order valence-corrected chi connectivity index (χ4v) is 4.17. The number of carbonyl (C=O) groups excluding carboxylic acids is 1. The number of anilines is 1. The van der Waals surface area contributed by atoms with E-state index in [9.17, 15) is 4.79 Å². The van der Waals surface area contributed by atoms with Crippen LogP contribution >= 0.6 is 23.2 Å². The molecular formula is C15H18Cl2N2O2. The fourth-order valence-electron chi connectivity index (χ4n) is 3.68. The summed E-state index contributed by atoms with van der Waals surface area (Å²) in [4.78, 5) is 12.8. The molecule has 1 aromatic rings. The van der Waals surface area contributed by atoms with Crippen molar-refractivity contribution in [2.45, 2.75) is 31.9 Å². The largest absolute Gasteiger partial charge is 0.377 e. The molecule has 0 spiro atoms. The van der Waals surface area contributed by atoms with Crippen LogP contribution in [0.25, 0.3) is 0 Å². The Morgan fingerprint density at radius 3 is 2.62 bits per heavy atom. The van der Waals surface area contributed by atoms with E-state index in [1.54, 1.807) is 18.2 Å².